The number of rotatable bonds is 3. The summed E-state index contributed by atoms with van der Waals surface area (Å²) >= 11 is 0. The van der Waals surface area contributed by atoms with Crippen molar-refractivity contribution in [2.45, 2.75) is 44.7 Å². The minimum atomic E-state index is -0.0238. The maximum Gasteiger partial charge on any atom is 0.255 e. The monoisotopic (exact) mass is 416 g/mol. The fourth-order valence-electron chi connectivity index (χ4n) is 5.54. The topological polar surface area (TPSA) is 69.3 Å². The summed E-state index contributed by atoms with van der Waals surface area (Å²) in [4.78, 5) is 30.6. The number of benzene rings is 1. The van der Waals surface area contributed by atoms with E-state index in [1.165, 1.54) is 19.3 Å². The number of carbonyl (C=O) groups is 1. The predicted molar refractivity (Wildman–Crippen MR) is 118 cm³/mol. The Bertz CT molecular complexity index is 1090. The highest BCUT2D eigenvalue weighted by Crippen LogP contribution is 2.35. The molecule has 0 radical (unpaired) electrons. The van der Waals surface area contributed by atoms with Crippen molar-refractivity contribution in [3.05, 3.63) is 69.1 Å². The molecule has 6 nitrogen and oxygen atoms in total. The van der Waals surface area contributed by atoms with Crippen molar-refractivity contribution in [3.8, 4) is 6.07 Å². The molecule has 1 aromatic carbocycles. The highest BCUT2D eigenvalue weighted by molar-refractivity contribution is 5.94. The van der Waals surface area contributed by atoms with Gasteiger partial charge in [0.05, 0.1) is 11.6 Å². The van der Waals surface area contributed by atoms with Crippen molar-refractivity contribution in [2.24, 2.45) is 5.92 Å². The van der Waals surface area contributed by atoms with Gasteiger partial charge in [-0.15, -0.1) is 0 Å². The van der Waals surface area contributed by atoms with Crippen molar-refractivity contribution in [2.75, 3.05) is 26.2 Å². The molecule has 3 aliphatic rings. The number of nitrogens with zero attached hydrogens (tertiary/aromatic N) is 4. The molecule has 3 aliphatic heterocycles. The van der Waals surface area contributed by atoms with Crippen LogP contribution < -0.4 is 5.56 Å². The first-order chi connectivity index (χ1) is 15.1. The number of nitriles is 1. The third kappa shape index (κ3) is 3.90. The minimum Gasteiger partial charge on any atom is -0.338 e. The zero-order chi connectivity index (χ0) is 21.4. The summed E-state index contributed by atoms with van der Waals surface area (Å²) in [5, 5.41) is 9.14. The van der Waals surface area contributed by atoms with Gasteiger partial charge in [0.2, 0.25) is 0 Å². The Kier molecular flexibility index (Phi) is 5.37. The van der Waals surface area contributed by atoms with Crippen molar-refractivity contribution in [1.29, 1.82) is 5.26 Å². The first-order valence-electron chi connectivity index (χ1n) is 11.4. The largest absolute Gasteiger partial charge is 0.338 e. The van der Waals surface area contributed by atoms with Crippen molar-refractivity contribution in [1.82, 2.24) is 14.4 Å². The van der Waals surface area contributed by atoms with Crippen LogP contribution in [0.25, 0.3) is 0 Å². The van der Waals surface area contributed by atoms with E-state index in [9.17, 15) is 9.59 Å². The fourth-order valence-corrected chi connectivity index (χ4v) is 5.54. The van der Waals surface area contributed by atoms with Crippen LogP contribution in [0.5, 0.6) is 0 Å². The molecule has 31 heavy (non-hydrogen) atoms. The smallest absolute Gasteiger partial charge is 0.255 e. The van der Waals surface area contributed by atoms with Crippen LogP contribution in [0.1, 0.15) is 58.8 Å². The molecule has 2 aromatic rings. The molecule has 0 unspecified atom stereocenters. The second-order valence-corrected chi connectivity index (χ2v) is 9.24. The highest BCUT2D eigenvalue weighted by atomic mass is 16.2. The molecule has 0 spiro atoms. The lowest BCUT2D eigenvalue weighted by Gasteiger charge is -2.43. The van der Waals surface area contributed by atoms with Crippen LogP contribution in [-0.2, 0) is 13.1 Å². The molecule has 4 heterocycles. The normalized spacial score (nSPS) is 23.1. The summed E-state index contributed by atoms with van der Waals surface area (Å²) in [6.45, 7) is 4.87. The molecule has 1 aromatic heterocycles. The number of likely N-dealkylation sites (tertiary alicyclic amines) is 2. The lowest BCUT2D eigenvalue weighted by Crippen LogP contribution is -2.49. The molecule has 0 aliphatic carbocycles. The molecule has 2 atom stereocenters. The van der Waals surface area contributed by atoms with Crippen LogP contribution in [0.15, 0.2) is 41.2 Å². The summed E-state index contributed by atoms with van der Waals surface area (Å²) in [5.41, 5.74) is 3.17. The van der Waals surface area contributed by atoms with Crippen molar-refractivity contribution in [3.63, 3.8) is 0 Å². The minimum absolute atomic E-state index is 0.0238. The molecule has 6 heteroatoms. The first-order valence-corrected chi connectivity index (χ1v) is 11.4. The van der Waals surface area contributed by atoms with Gasteiger partial charge in [-0.1, -0.05) is 18.6 Å². The Morgan fingerprint density at radius 1 is 1.06 bits per heavy atom. The lowest BCUT2D eigenvalue weighted by molar-refractivity contribution is 0.0594. The molecule has 2 bridgehead atoms. The number of fused-ring (bicyclic) bond motifs is 4. The fraction of sp³-hybridized carbons (Fsp3) is 0.480. The van der Waals surface area contributed by atoms with Crippen LogP contribution in [0.2, 0.25) is 0 Å². The molecule has 2 saturated heterocycles. The standard InChI is InChI=1S/C25H28N4O2/c26-13-18-5-4-6-20(11-18)24(30)28-14-19-12-22(17-28)23-8-7-21(25(31)29(23)15-19)16-27-9-2-1-3-10-27/h4-8,11,19,22H,1-3,9-10,12,14-17H2/t19-,22+/m0/s1. The first kappa shape index (κ1) is 20.0. The third-order valence-electron chi connectivity index (χ3n) is 7.05. The molecular weight excluding hydrogens is 388 g/mol. The van der Waals surface area contributed by atoms with E-state index in [4.69, 9.17) is 5.26 Å². The lowest BCUT2D eigenvalue weighted by atomic mass is 9.82. The molecule has 2 fully saturated rings. The molecule has 0 N–H and O–H groups in total. The Balaban J connectivity index is 1.36. The number of aromatic nitrogens is 1. The Morgan fingerprint density at radius 3 is 2.71 bits per heavy atom. The maximum atomic E-state index is 13.3. The van der Waals surface area contributed by atoms with Gasteiger partial charge in [0.1, 0.15) is 0 Å². The van der Waals surface area contributed by atoms with Crippen LogP contribution in [0, 0.1) is 17.2 Å². The van der Waals surface area contributed by atoms with Crippen molar-refractivity contribution < 1.29 is 4.79 Å². The summed E-state index contributed by atoms with van der Waals surface area (Å²) in [7, 11) is 0. The zero-order valence-corrected chi connectivity index (χ0v) is 17.8. The van der Waals surface area contributed by atoms with Gasteiger partial charge >= 0.3 is 0 Å². The number of hydrogen-bond donors (Lipinski definition) is 0. The van der Waals surface area contributed by atoms with E-state index in [2.05, 4.69) is 17.0 Å². The van der Waals surface area contributed by atoms with Gasteiger partial charge in [0.25, 0.3) is 11.5 Å². The van der Waals surface area contributed by atoms with Gasteiger partial charge in [-0.05, 0) is 62.5 Å². The van der Waals surface area contributed by atoms with E-state index >= 15 is 0 Å². The zero-order valence-electron chi connectivity index (χ0n) is 17.8. The van der Waals surface area contributed by atoms with Crippen LogP contribution in [0.4, 0.5) is 0 Å². The van der Waals surface area contributed by atoms with Gasteiger partial charge in [0, 0.05) is 48.9 Å². The Hall–Kier alpha value is -2.91. The molecule has 1 amide bonds. The second-order valence-electron chi connectivity index (χ2n) is 9.24. The van der Waals surface area contributed by atoms with Gasteiger partial charge in [-0.25, -0.2) is 0 Å². The number of amides is 1. The Morgan fingerprint density at radius 2 is 1.90 bits per heavy atom. The second kappa shape index (κ2) is 8.32. The van der Waals surface area contributed by atoms with E-state index in [-0.39, 0.29) is 23.3 Å². The molecule has 5 rings (SSSR count). The number of piperidine rings is 2. The van der Waals surface area contributed by atoms with E-state index in [0.29, 0.717) is 30.8 Å². The molecular formula is C25H28N4O2. The van der Waals surface area contributed by atoms with E-state index in [0.717, 1.165) is 37.3 Å². The van der Waals surface area contributed by atoms with Gasteiger partial charge < -0.3 is 9.47 Å². The molecule has 0 saturated carbocycles. The quantitative estimate of drug-likeness (QED) is 0.771. The van der Waals surface area contributed by atoms with Gasteiger partial charge in [-0.3, -0.25) is 14.5 Å². The summed E-state index contributed by atoms with van der Waals surface area (Å²) in [6.07, 6.45) is 4.75. The number of hydrogen-bond acceptors (Lipinski definition) is 4. The third-order valence-corrected chi connectivity index (χ3v) is 7.05. The highest BCUT2D eigenvalue weighted by Gasteiger charge is 2.37. The summed E-state index contributed by atoms with van der Waals surface area (Å²) in [5.74, 6) is 0.453. The van der Waals surface area contributed by atoms with Crippen molar-refractivity contribution >= 4 is 5.91 Å². The summed E-state index contributed by atoms with van der Waals surface area (Å²) < 4.78 is 1.98. The average molecular weight is 417 g/mol. The van der Waals surface area contributed by atoms with E-state index in [1.807, 2.05) is 15.5 Å². The predicted octanol–water partition coefficient (Wildman–Crippen LogP) is 2.97. The van der Waals surface area contributed by atoms with E-state index in [1.54, 1.807) is 24.3 Å². The summed E-state index contributed by atoms with van der Waals surface area (Å²) in [6, 6.07) is 13.2. The van der Waals surface area contributed by atoms with Crippen LogP contribution >= 0.6 is 0 Å². The maximum absolute atomic E-state index is 13.3. The Labute approximate surface area is 182 Å². The van der Waals surface area contributed by atoms with Gasteiger partial charge in [-0.2, -0.15) is 5.26 Å². The molecule has 160 valence electrons. The van der Waals surface area contributed by atoms with Crippen LogP contribution in [-0.4, -0.2) is 46.5 Å². The van der Waals surface area contributed by atoms with E-state index < -0.39 is 0 Å². The number of pyridine rings is 1. The van der Waals surface area contributed by atoms with Crippen LogP contribution in [0.3, 0.4) is 0 Å². The average Bonchev–Trinajstić information content (AvgIpc) is 2.81. The SMILES string of the molecule is N#Cc1cccc(C(=O)N2C[C@@H]3C[C@H](C2)c2ccc(CN4CCCCC4)c(=O)n2C3)c1. The van der Waals surface area contributed by atoms with Gasteiger partial charge in [0.15, 0.2) is 0 Å². The number of carbonyl (C=O) groups excluding carboxylic acids is 1.